The van der Waals surface area contributed by atoms with E-state index in [9.17, 15) is 19.8 Å². The van der Waals surface area contributed by atoms with Crippen LogP contribution in [0.3, 0.4) is 0 Å². The van der Waals surface area contributed by atoms with E-state index in [-0.39, 0.29) is 18.5 Å². The zero-order valence-electron chi connectivity index (χ0n) is 47.3. The Labute approximate surface area is 437 Å². The summed E-state index contributed by atoms with van der Waals surface area (Å²) in [7, 11) is 0. The Balaban J connectivity index is 3.38. The van der Waals surface area contributed by atoms with Crippen molar-refractivity contribution in [1.29, 1.82) is 0 Å². The maximum atomic E-state index is 12.5. The number of hydrogen-bond acceptors (Lipinski definition) is 5. The molecule has 70 heavy (non-hydrogen) atoms. The molecule has 0 radical (unpaired) electrons. The summed E-state index contributed by atoms with van der Waals surface area (Å²) in [6, 6.07) is -0.541. The van der Waals surface area contributed by atoms with Crippen molar-refractivity contribution in [1.82, 2.24) is 5.32 Å². The quantitative estimate of drug-likeness (QED) is 0.0321. The minimum absolute atomic E-state index is 0.000518. The summed E-state index contributed by atoms with van der Waals surface area (Å²) in [5.41, 5.74) is 0. The number of rotatable bonds is 59. The lowest BCUT2D eigenvalue weighted by atomic mass is 10.0. The van der Waals surface area contributed by atoms with Crippen molar-refractivity contribution in [2.24, 2.45) is 0 Å². The standard InChI is InChI=1S/C64H123NO5/c1-3-5-7-9-11-13-15-17-18-26-29-33-36-40-44-48-52-56-62(67)61(60-66)65-63(68)57-53-49-45-41-37-34-30-27-24-22-20-19-21-23-25-28-31-35-39-43-47-51-55-59-70-64(69)58-54-50-46-42-38-32-16-14-12-10-8-6-4-2/h8,10,14,16,61-62,66-67H,3-7,9,11-13,15,17-60H2,1-2H3,(H,65,68)/b10-8-,16-14-. The Morgan fingerprint density at radius 1 is 0.400 bits per heavy atom. The van der Waals surface area contributed by atoms with E-state index >= 15 is 0 Å². The van der Waals surface area contributed by atoms with Crippen molar-refractivity contribution in [2.45, 2.75) is 360 Å². The molecule has 0 rings (SSSR count). The molecule has 0 bridgehead atoms. The SMILES string of the molecule is CCC/C=C\C/C=C\CCCCCCCC(=O)OCCCCCCCCCCCCCCCCCCCCCCCCCC(=O)NC(CO)C(O)CCCCCCCCCCCCCCCCCCC. The van der Waals surface area contributed by atoms with E-state index < -0.39 is 12.1 Å². The summed E-state index contributed by atoms with van der Waals surface area (Å²) in [5, 5.41) is 23.3. The number of allylic oxidation sites excluding steroid dienone is 4. The normalized spacial score (nSPS) is 12.7. The van der Waals surface area contributed by atoms with Crippen LogP contribution in [-0.4, -0.2) is 47.4 Å². The molecule has 0 aliphatic carbocycles. The average Bonchev–Trinajstić information content (AvgIpc) is 3.36. The molecular formula is C64H123NO5. The first-order valence-corrected chi connectivity index (χ1v) is 31.6. The van der Waals surface area contributed by atoms with Gasteiger partial charge < -0.3 is 20.3 Å². The monoisotopic (exact) mass is 986 g/mol. The molecule has 0 fully saturated rings. The molecule has 0 aliphatic heterocycles. The summed E-state index contributed by atoms with van der Waals surface area (Å²) < 4.78 is 5.47. The van der Waals surface area contributed by atoms with Gasteiger partial charge in [0.25, 0.3) is 0 Å². The van der Waals surface area contributed by atoms with Crippen LogP contribution in [0.4, 0.5) is 0 Å². The van der Waals surface area contributed by atoms with Gasteiger partial charge in [0.15, 0.2) is 0 Å². The number of aliphatic hydroxyl groups excluding tert-OH is 2. The highest BCUT2D eigenvalue weighted by atomic mass is 16.5. The molecule has 2 atom stereocenters. The van der Waals surface area contributed by atoms with Gasteiger partial charge in [-0.05, 0) is 51.4 Å². The zero-order chi connectivity index (χ0) is 50.7. The van der Waals surface area contributed by atoms with Gasteiger partial charge in [0.1, 0.15) is 0 Å². The fraction of sp³-hybridized carbons (Fsp3) is 0.906. The summed E-state index contributed by atoms with van der Waals surface area (Å²) in [6.45, 7) is 4.91. The van der Waals surface area contributed by atoms with Crippen molar-refractivity contribution in [2.75, 3.05) is 13.2 Å². The summed E-state index contributed by atoms with van der Waals surface area (Å²) >= 11 is 0. The minimum atomic E-state index is -0.664. The fourth-order valence-electron chi connectivity index (χ4n) is 9.92. The molecule has 6 heteroatoms. The molecule has 0 aromatic heterocycles. The molecule has 0 saturated heterocycles. The van der Waals surface area contributed by atoms with Crippen molar-refractivity contribution < 1.29 is 24.5 Å². The van der Waals surface area contributed by atoms with Gasteiger partial charge in [-0.1, -0.05) is 308 Å². The topological polar surface area (TPSA) is 95.9 Å². The Morgan fingerprint density at radius 2 is 0.743 bits per heavy atom. The Hall–Kier alpha value is -1.66. The number of nitrogens with one attached hydrogen (secondary N) is 1. The molecule has 0 spiro atoms. The Bertz CT molecular complexity index is 1090. The molecule has 0 aromatic carbocycles. The summed E-state index contributed by atoms with van der Waals surface area (Å²) in [4.78, 5) is 24.5. The second-order valence-corrected chi connectivity index (χ2v) is 21.7. The molecule has 1 amide bonds. The molecule has 3 N–H and O–H groups in total. The van der Waals surface area contributed by atoms with Crippen LogP contribution in [-0.2, 0) is 14.3 Å². The van der Waals surface area contributed by atoms with Crippen LogP contribution >= 0.6 is 0 Å². The van der Waals surface area contributed by atoms with Gasteiger partial charge in [0.05, 0.1) is 25.4 Å². The first-order chi connectivity index (χ1) is 34.5. The smallest absolute Gasteiger partial charge is 0.305 e. The maximum absolute atomic E-state index is 12.5. The number of carbonyl (C=O) groups excluding carboxylic acids is 2. The van der Waals surface area contributed by atoms with E-state index in [0.717, 1.165) is 51.4 Å². The number of amides is 1. The summed E-state index contributed by atoms with van der Waals surface area (Å²) in [6.07, 6.45) is 73.3. The minimum Gasteiger partial charge on any atom is -0.466 e. The van der Waals surface area contributed by atoms with Crippen LogP contribution < -0.4 is 5.32 Å². The third kappa shape index (κ3) is 55.7. The Morgan fingerprint density at radius 3 is 1.14 bits per heavy atom. The molecule has 414 valence electrons. The predicted octanol–water partition coefficient (Wildman–Crippen LogP) is 19.8. The molecule has 0 aliphatic rings. The van der Waals surface area contributed by atoms with Crippen molar-refractivity contribution >= 4 is 11.9 Å². The Kier molecular flexibility index (Phi) is 58.5. The lowest BCUT2D eigenvalue weighted by Crippen LogP contribution is -2.45. The average molecular weight is 987 g/mol. The van der Waals surface area contributed by atoms with Crippen LogP contribution in [0.15, 0.2) is 24.3 Å². The highest BCUT2D eigenvalue weighted by Crippen LogP contribution is 2.18. The summed E-state index contributed by atoms with van der Waals surface area (Å²) in [5.74, 6) is -0.0323. The molecular weight excluding hydrogens is 863 g/mol. The van der Waals surface area contributed by atoms with Crippen LogP contribution in [0.1, 0.15) is 348 Å². The first kappa shape index (κ1) is 68.3. The number of esters is 1. The van der Waals surface area contributed by atoms with E-state index in [2.05, 4.69) is 43.5 Å². The van der Waals surface area contributed by atoms with Crippen LogP contribution in [0.5, 0.6) is 0 Å². The number of carbonyl (C=O) groups is 2. The number of ether oxygens (including phenoxy) is 1. The second-order valence-electron chi connectivity index (χ2n) is 21.7. The van der Waals surface area contributed by atoms with Gasteiger partial charge in [0, 0.05) is 12.8 Å². The van der Waals surface area contributed by atoms with Gasteiger partial charge in [-0.15, -0.1) is 0 Å². The van der Waals surface area contributed by atoms with Gasteiger partial charge >= 0.3 is 5.97 Å². The molecule has 6 nitrogen and oxygen atoms in total. The van der Waals surface area contributed by atoms with E-state index in [1.807, 2.05) is 0 Å². The van der Waals surface area contributed by atoms with Crippen molar-refractivity contribution in [3.63, 3.8) is 0 Å². The number of unbranched alkanes of at least 4 members (excludes halogenated alkanes) is 44. The van der Waals surface area contributed by atoms with E-state index in [0.29, 0.717) is 25.9 Å². The number of aliphatic hydroxyl groups is 2. The maximum Gasteiger partial charge on any atom is 0.305 e. The first-order valence-electron chi connectivity index (χ1n) is 31.6. The number of hydrogen-bond donors (Lipinski definition) is 3. The van der Waals surface area contributed by atoms with Crippen LogP contribution in [0, 0.1) is 0 Å². The third-order valence-corrected chi connectivity index (χ3v) is 14.7. The van der Waals surface area contributed by atoms with Gasteiger partial charge in [-0.3, -0.25) is 9.59 Å². The van der Waals surface area contributed by atoms with Crippen LogP contribution in [0.2, 0.25) is 0 Å². The van der Waals surface area contributed by atoms with Gasteiger partial charge in [-0.2, -0.15) is 0 Å². The molecule has 0 aromatic rings. The second kappa shape index (κ2) is 59.9. The fourth-order valence-corrected chi connectivity index (χ4v) is 9.92. The lowest BCUT2D eigenvalue weighted by Gasteiger charge is -2.22. The highest BCUT2D eigenvalue weighted by Gasteiger charge is 2.20. The lowest BCUT2D eigenvalue weighted by molar-refractivity contribution is -0.143. The highest BCUT2D eigenvalue weighted by molar-refractivity contribution is 5.76. The zero-order valence-corrected chi connectivity index (χ0v) is 47.3. The van der Waals surface area contributed by atoms with Crippen LogP contribution in [0.25, 0.3) is 0 Å². The van der Waals surface area contributed by atoms with E-state index in [4.69, 9.17) is 4.74 Å². The molecule has 2 unspecified atom stereocenters. The predicted molar refractivity (Wildman–Crippen MR) is 306 cm³/mol. The van der Waals surface area contributed by atoms with E-state index in [1.54, 1.807) is 0 Å². The molecule has 0 saturated carbocycles. The molecule has 0 heterocycles. The van der Waals surface area contributed by atoms with Crippen molar-refractivity contribution in [3.05, 3.63) is 24.3 Å². The van der Waals surface area contributed by atoms with Gasteiger partial charge in [0.2, 0.25) is 5.91 Å². The largest absolute Gasteiger partial charge is 0.466 e. The van der Waals surface area contributed by atoms with Gasteiger partial charge in [-0.25, -0.2) is 0 Å². The van der Waals surface area contributed by atoms with Crippen molar-refractivity contribution in [3.8, 4) is 0 Å². The van der Waals surface area contributed by atoms with E-state index in [1.165, 1.54) is 263 Å². The third-order valence-electron chi connectivity index (χ3n) is 14.7.